The quantitative estimate of drug-likeness (QED) is 0.761. The van der Waals surface area contributed by atoms with Crippen LogP contribution in [0, 0.1) is 0 Å². The molecule has 2 aromatic rings. The summed E-state index contributed by atoms with van der Waals surface area (Å²) in [5, 5.41) is 2.96. The van der Waals surface area contributed by atoms with Crippen LogP contribution in [0.1, 0.15) is 23.6 Å². The van der Waals surface area contributed by atoms with Crippen LogP contribution in [0.25, 0.3) is 0 Å². The van der Waals surface area contributed by atoms with Gasteiger partial charge in [0.1, 0.15) is 5.82 Å². The summed E-state index contributed by atoms with van der Waals surface area (Å²) >= 11 is 0. The summed E-state index contributed by atoms with van der Waals surface area (Å²) in [6.45, 7) is 3.48. The van der Waals surface area contributed by atoms with Gasteiger partial charge in [0.2, 0.25) is 5.91 Å². The molecular formula is C19H26Cl2N4O2. The van der Waals surface area contributed by atoms with Gasteiger partial charge in [0.15, 0.2) is 0 Å². The van der Waals surface area contributed by atoms with Gasteiger partial charge in [-0.1, -0.05) is 36.4 Å². The van der Waals surface area contributed by atoms with Gasteiger partial charge in [0, 0.05) is 43.9 Å². The van der Waals surface area contributed by atoms with E-state index >= 15 is 0 Å². The molecule has 1 aromatic carbocycles. The molecule has 1 fully saturated rings. The molecule has 1 aromatic heterocycles. The van der Waals surface area contributed by atoms with Crippen molar-refractivity contribution >= 4 is 36.5 Å². The van der Waals surface area contributed by atoms with Crippen molar-refractivity contribution in [2.24, 2.45) is 5.73 Å². The normalized spacial score (nSPS) is 14.5. The molecule has 1 atom stereocenters. The summed E-state index contributed by atoms with van der Waals surface area (Å²) in [6.07, 6.45) is 2.04. The van der Waals surface area contributed by atoms with E-state index in [1.54, 1.807) is 6.20 Å². The number of carbonyl (C=O) groups excluding carboxylic acids is 1. The number of anilines is 1. The summed E-state index contributed by atoms with van der Waals surface area (Å²) in [6, 6.07) is 13.3. The van der Waals surface area contributed by atoms with E-state index in [-0.39, 0.29) is 43.2 Å². The minimum absolute atomic E-state index is 0. The van der Waals surface area contributed by atoms with Crippen LogP contribution >= 0.6 is 24.8 Å². The van der Waals surface area contributed by atoms with Gasteiger partial charge in [0.25, 0.3) is 0 Å². The lowest BCUT2D eigenvalue weighted by molar-refractivity contribution is -0.121. The average Bonchev–Trinajstić information content (AvgIpc) is 2.68. The zero-order chi connectivity index (χ0) is 17.5. The van der Waals surface area contributed by atoms with E-state index in [9.17, 15) is 4.79 Å². The molecule has 0 bridgehead atoms. The SMILES string of the molecule is Cl.Cl.NC(CC(=O)NCc1cccnc1N1CCOCC1)c1ccccc1. The molecule has 1 unspecified atom stereocenters. The van der Waals surface area contributed by atoms with Gasteiger partial charge < -0.3 is 20.7 Å². The molecule has 0 saturated carbocycles. The third-order valence-corrected chi connectivity index (χ3v) is 4.29. The van der Waals surface area contributed by atoms with Gasteiger partial charge in [-0.05, 0) is 11.6 Å². The Labute approximate surface area is 172 Å². The molecule has 2 heterocycles. The van der Waals surface area contributed by atoms with Crippen molar-refractivity contribution in [2.75, 3.05) is 31.2 Å². The van der Waals surface area contributed by atoms with E-state index in [1.807, 2.05) is 42.5 Å². The van der Waals surface area contributed by atoms with Crippen LogP contribution in [0.15, 0.2) is 48.7 Å². The van der Waals surface area contributed by atoms with E-state index < -0.39 is 0 Å². The molecule has 6 nitrogen and oxygen atoms in total. The predicted molar refractivity (Wildman–Crippen MR) is 112 cm³/mol. The lowest BCUT2D eigenvalue weighted by Crippen LogP contribution is -2.38. The fourth-order valence-corrected chi connectivity index (χ4v) is 2.91. The largest absolute Gasteiger partial charge is 0.378 e. The van der Waals surface area contributed by atoms with Crippen LogP contribution in [0.3, 0.4) is 0 Å². The maximum Gasteiger partial charge on any atom is 0.222 e. The van der Waals surface area contributed by atoms with Crippen molar-refractivity contribution in [2.45, 2.75) is 19.0 Å². The van der Waals surface area contributed by atoms with Crippen LogP contribution in [0.2, 0.25) is 0 Å². The van der Waals surface area contributed by atoms with Crippen LogP contribution in [0.4, 0.5) is 5.82 Å². The number of nitrogens with one attached hydrogen (secondary N) is 1. The minimum atomic E-state index is -0.297. The average molecular weight is 413 g/mol. The zero-order valence-electron chi connectivity index (χ0n) is 15.0. The Morgan fingerprint density at radius 2 is 1.85 bits per heavy atom. The number of carbonyl (C=O) groups is 1. The first-order valence-electron chi connectivity index (χ1n) is 8.58. The molecule has 3 rings (SSSR count). The highest BCUT2D eigenvalue weighted by molar-refractivity contribution is 5.85. The highest BCUT2D eigenvalue weighted by Gasteiger charge is 2.17. The second-order valence-corrected chi connectivity index (χ2v) is 6.08. The van der Waals surface area contributed by atoms with Crippen molar-refractivity contribution in [1.82, 2.24) is 10.3 Å². The van der Waals surface area contributed by atoms with Crippen LogP contribution < -0.4 is 16.0 Å². The molecular weight excluding hydrogens is 387 g/mol. The summed E-state index contributed by atoms with van der Waals surface area (Å²) in [5.74, 6) is 0.853. The van der Waals surface area contributed by atoms with E-state index in [0.717, 1.165) is 30.0 Å². The Kier molecular flexibility index (Phi) is 10.1. The summed E-state index contributed by atoms with van der Waals surface area (Å²) < 4.78 is 5.39. The molecule has 1 aliphatic heterocycles. The Morgan fingerprint density at radius 3 is 2.56 bits per heavy atom. The molecule has 0 aliphatic carbocycles. The number of nitrogens with two attached hydrogens (primary N) is 1. The number of nitrogens with zero attached hydrogens (tertiary/aromatic N) is 2. The number of benzene rings is 1. The molecule has 3 N–H and O–H groups in total. The fourth-order valence-electron chi connectivity index (χ4n) is 2.91. The molecule has 1 aliphatic rings. The van der Waals surface area contributed by atoms with Gasteiger partial charge in [-0.3, -0.25) is 4.79 Å². The molecule has 0 radical (unpaired) electrons. The van der Waals surface area contributed by atoms with Gasteiger partial charge >= 0.3 is 0 Å². The first kappa shape index (κ1) is 23.2. The molecule has 148 valence electrons. The summed E-state index contributed by atoms with van der Waals surface area (Å²) in [7, 11) is 0. The van der Waals surface area contributed by atoms with E-state index in [0.29, 0.717) is 19.8 Å². The number of hydrogen-bond donors (Lipinski definition) is 2. The number of pyridine rings is 1. The van der Waals surface area contributed by atoms with E-state index in [1.165, 1.54) is 0 Å². The maximum absolute atomic E-state index is 12.2. The zero-order valence-corrected chi connectivity index (χ0v) is 16.7. The third-order valence-electron chi connectivity index (χ3n) is 4.29. The van der Waals surface area contributed by atoms with Crippen LogP contribution in [-0.4, -0.2) is 37.2 Å². The Hall–Kier alpha value is -1.86. The lowest BCUT2D eigenvalue weighted by Gasteiger charge is -2.29. The van der Waals surface area contributed by atoms with Crippen molar-refractivity contribution < 1.29 is 9.53 Å². The topological polar surface area (TPSA) is 80.5 Å². The highest BCUT2D eigenvalue weighted by Crippen LogP contribution is 2.18. The van der Waals surface area contributed by atoms with Crippen LogP contribution in [0.5, 0.6) is 0 Å². The van der Waals surface area contributed by atoms with Gasteiger partial charge in [-0.2, -0.15) is 0 Å². The maximum atomic E-state index is 12.2. The summed E-state index contributed by atoms with van der Waals surface area (Å²) in [4.78, 5) is 18.9. The second-order valence-electron chi connectivity index (χ2n) is 6.08. The molecule has 1 amide bonds. The van der Waals surface area contributed by atoms with Gasteiger partial charge in [-0.25, -0.2) is 4.98 Å². The van der Waals surface area contributed by atoms with Crippen molar-refractivity contribution in [3.05, 3.63) is 59.8 Å². The fraction of sp³-hybridized carbons (Fsp3) is 0.368. The third kappa shape index (κ3) is 6.66. The molecule has 8 heteroatoms. The number of aromatic nitrogens is 1. The predicted octanol–water partition coefficient (Wildman–Crippen LogP) is 2.47. The smallest absolute Gasteiger partial charge is 0.222 e. The van der Waals surface area contributed by atoms with Gasteiger partial charge in [0.05, 0.1) is 13.2 Å². The van der Waals surface area contributed by atoms with Crippen LogP contribution in [-0.2, 0) is 16.1 Å². The second kappa shape index (κ2) is 11.8. The van der Waals surface area contributed by atoms with Crippen molar-refractivity contribution in [1.29, 1.82) is 0 Å². The Bertz CT molecular complexity index is 697. The Balaban J connectivity index is 0.00000182. The molecule has 0 spiro atoms. The number of amides is 1. The van der Waals surface area contributed by atoms with Crippen molar-refractivity contribution in [3.8, 4) is 0 Å². The molecule has 27 heavy (non-hydrogen) atoms. The number of halogens is 2. The Morgan fingerprint density at radius 1 is 1.15 bits per heavy atom. The van der Waals surface area contributed by atoms with Gasteiger partial charge in [-0.15, -0.1) is 24.8 Å². The monoisotopic (exact) mass is 412 g/mol. The lowest BCUT2D eigenvalue weighted by atomic mass is 10.0. The molecule has 1 saturated heterocycles. The summed E-state index contributed by atoms with van der Waals surface area (Å²) in [5.41, 5.74) is 8.09. The van der Waals surface area contributed by atoms with Crippen molar-refractivity contribution in [3.63, 3.8) is 0 Å². The minimum Gasteiger partial charge on any atom is -0.378 e. The standard InChI is InChI=1S/C19H24N4O2.2ClH/c20-17(15-5-2-1-3-6-15)13-18(24)22-14-16-7-4-8-21-19(16)23-9-11-25-12-10-23;;/h1-8,17H,9-14,20H2,(H,22,24);2*1H. The first-order chi connectivity index (χ1) is 12.2. The number of morpholine rings is 1. The first-order valence-corrected chi connectivity index (χ1v) is 8.58. The number of rotatable bonds is 6. The highest BCUT2D eigenvalue weighted by atomic mass is 35.5. The van der Waals surface area contributed by atoms with E-state index in [2.05, 4.69) is 15.2 Å². The number of hydrogen-bond acceptors (Lipinski definition) is 5. The van der Waals surface area contributed by atoms with E-state index in [4.69, 9.17) is 10.5 Å². The number of ether oxygens (including phenoxy) is 1.